The number of esters is 1. The standard InChI is InChI=1S/C26H32N4O5S/c1-35-26(34)21(12-13-36-2)29-25(33)19-9-8-17(14-20(19)18-6-4-3-5-7-18)15-28-24(32)16-27-22-10-11-23(31)30-22/h3-9,14,21-22,27H,10-13,15-16H2,1-2H3,(H,28,32)(H,29,33)(H,30,31)/t21-,22-/m0/s1. The number of hydrogen-bond acceptors (Lipinski definition) is 7. The van der Waals surface area contributed by atoms with Gasteiger partial charge in [0.1, 0.15) is 6.04 Å². The zero-order chi connectivity index (χ0) is 25.9. The van der Waals surface area contributed by atoms with Gasteiger partial charge in [0.25, 0.3) is 5.91 Å². The van der Waals surface area contributed by atoms with Crippen LogP contribution in [0.2, 0.25) is 0 Å². The van der Waals surface area contributed by atoms with Gasteiger partial charge in [-0.2, -0.15) is 11.8 Å². The molecule has 3 amide bonds. The third kappa shape index (κ3) is 7.82. The zero-order valence-corrected chi connectivity index (χ0v) is 21.3. The van der Waals surface area contributed by atoms with E-state index in [2.05, 4.69) is 21.3 Å². The molecule has 10 heteroatoms. The summed E-state index contributed by atoms with van der Waals surface area (Å²) in [4.78, 5) is 49.0. The Kier molecular flexibility index (Phi) is 10.3. The van der Waals surface area contributed by atoms with Crippen molar-refractivity contribution in [2.75, 3.05) is 25.7 Å². The van der Waals surface area contributed by atoms with Crippen molar-refractivity contribution in [3.8, 4) is 11.1 Å². The Bertz CT molecular complexity index is 1080. The summed E-state index contributed by atoms with van der Waals surface area (Å²) < 4.78 is 4.86. The quantitative estimate of drug-likeness (QED) is 0.320. The van der Waals surface area contributed by atoms with Gasteiger partial charge in [-0.15, -0.1) is 0 Å². The molecule has 0 radical (unpaired) electrons. The van der Waals surface area contributed by atoms with E-state index in [4.69, 9.17) is 4.74 Å². The van der Waals surface area contributed by atoms with E-state index in [1.807, 2.05) is 42.7 Å². The van der Waals surface area contributed by atoms with Gasteiger partial charge in [0.2, 0.25) is 11.8 Å². The fourth-order valence-corrected chi connectivity index (χ4v) is 4.34. The first kappa shape index (κ1) is 27.2. The average Bonchev–Trinajstić information content (AvgIpc) is 3.33. The molecule has 4 N–H and O–H groups in total. The van der Waals surface area contributed by atoms with Crippen LogP contribution in [0.15, 0.2) is 48.5 Å². The maximum Gasteiger partial charge on any atom is 0.328 e. The van der Waals surface area contributed by atoms with Gasteiger partial charge in [-0.3, -0.25) is 19.7 Å². The average molecular weight is 513 g/mol. The molecule has 3 rings (SSSR count). The molecule has 0 unspecified atom stereocenters. The van der Waals surface area contributed by atoms with Crippen LogP contribution in [-0.2, 0) is 25.7 Å². The van der Waals surface area contributed by atoms with Crippen LogP contribution >= 0.6 is 11.8 Å². The minimum absolute atomic E-state index is 0.0207. The van der Waals surface area contributed by atoms with Crippen molar-refractivity contribution in [3.05, 3.63) is 59.7 Å². The summed E-state index contributed by atoms with van der Waals surface area (Å²) >= 11 is 1.58. The van der Waals surface area contributed by atoms with Crippen molar-refractivity contribution in [2.45, 2.75) is 38.0 Å². The number of nitrogens with one attached hydrogen (secondary N) is 4. The summed E-state index contributed by atoms with van der Waals surface area (Å²) in [7, 11) is 1.30. The maximum absolute atomic E-state index is 13.2. The van der Waals surface area contributed by atoms with Crippen molar-refractivity contribution in [3.63, 3.8) is 0 Å². The van der Waals surface area contributed by atoms with Crippen LogP contribution in [0.4, 0.5) is 0 Å². The van der Waals surface area contributed by atoms with Crippen LogP contribution in [0.3, 0.4) is 0 Å². The summed E-state index contributed by atoms with van der Waals surface area (Å²) in [5.74, 6) is -0.374. The number of hydrogen-bond donors (Lipinski definition) is 4. The molecule has 0 saturated carbocycles. The third-order valence-corrected chi connectivity index (χ3v) is 6.45. The van der Waals surface area contributed by atoms with Gasteiger partial charge < -0.3 is 20.7 Å². The van der Waals surface area contributed by atoms with Crippen molar-refractivity contribution in [1.29, 1.82) is 0 Å². The molecular formula is C26H32N4O5S. The van der Waals surface area contributed by atoms with Gasteiger partial charge in [-0.1, -0.05) is 36.4 Å². The van der Waals surface area contributed by atoms with Gasteiger partial charge in [0.15, 0.2) is 0 Å². The highest BCUT2D eigenvalue weighted by atomic mass is 32.2. The molecule has 192 valence electrons. The Morgan fingerprint density at radius 3 is 2.61 bits per heavy atom. The van der Waals surface area contributed by atoms with Gasteiger partial charge in [-0.05, 0) is 53.7 Å². The monoisotopic (exact) mass is 512 g/mol. The lowest BCUT2D eigenvalue weighted by atomic mass is 9.96. The van der Waals surface area contributed by atoms with E-state index in [0.717, 1.165) is 11.1 Å². The Morgan fingerprint density at radius 2 is 1.94 bits per heavy atom. The predicted octanol–water partition coefficient (Wildman–Crippen LogP) is 1.82. The van der Waals surface area contributed by atoms with Crippen LogP contribution in [0.1, 0.15) is 35.2 Å². The molecular weight excluding hydrogens is 480 g/mol. The lowest BCUT2D eigenvalue weighted by molar-refractivity contribution is -0.142. The lowest BCUT2D eigenvalue weighted by Gasteiger charge is -2.18. The smallest absolute Gasteiger partial charge is 0.328 e. The number of amides is 3. The summed E-state index contributed by atoms with van der Waals surface area (Å²) in [5, 5.41) is 11.5. The van der Waals surface area contributed by atoms with Gasteiger partial charge in [0.05, 0.1) is 19.8 Å². The van der Waals surface area contributed by atoms with Gasteiger partial charge >= 0.3 is 5.97 Å². The summed E-state index contributed by atoms with van der Waals surface area (Å²) in [6.45, 7) is 0.361. The Morgan fingerprint density at radius 1 is 1.17 bits per heavy atom. The first-order valence-electron chi connectivity index (χ1n) is 11.8. The molecule has 1 saturated heterocycles. The number of carbonyl (C=O) groups excluding carboxylic acids is 4. The SMILES string of the molecule is COC(=O)[C@H](CCSC)NC(=O)c1ccc(CNC(=O)CN[C@@H]2CCC(=O)N2)cc1-c1ccccc1. The topological polar surface area (TPSA) is 126 Å². The summed E-state index contributed by atoms with van der Waals surface area (Å²) in [5.41, 5.74) is 2.78. The second kappa shape index (κ2) is 13.6. The van der Waals surface area contributed by atoms with Crippen molar-refractivity contribution >= 4 is 35.5 Å². The van der Waals surface area contributed by atoms with Gasteiger partial charge in [-0.25, -0.2) is 4.79 Å². The molecule has 0 aromatic heterocycles. The first-order valence-corrected chi connectivity index (χ1v) is 13.2. The number of benzene rings is 2. The molecule has 9 nitrogen and oxygen atoms in total. The third-order valence-electron chi connectivity index (χ3n) is 5.81. The number of thioether (sulfide) groups is 1. The molecule has 1 heterocycles. The largest absolute Gasteiger partial charge is 0.467 e. The fourth-order valence-electron chi connectivity index (χ4n) is 3.87. The molecule has 1 aliphatic rings. The molecule has 1 fully saturated rings. The van der Waals surface area contributed by atoms with E-state index in [0.29, 0.717) is 36.1 Å². The second-order valence-electron chi connectivity index (χ2n) is 8.39. The second-order valence-corrected chi connectivity index (χ2v) is 9.38. The highest BCUT2D eigenvalue weighted by Gasteiger charge is 2.24. The molecule has 2 atom stereocenters. The highest BCUT2D eigenvalue weighted by molar-refractivity contribution is 7.98. The van der Waals surface area contributed by atoms with Crippen LogP contribution in [0.5, 0.6) is 0 Å². The molecule has 36 heavy (non-hydrogen) atoms. The molecule has 0 spiro atoms. The molecule has 2 aromatic rings. The fraction of sp³-hybridized carbons (Fsp3) is 0.385. The first-order chi connectivity index (χ1) is 17.4. The Balaban J connectivity index is 1.71. The summed E-state index contributed by atoms with van der Waals surface area (Å²) in [6, 6.07) is 14.1. The lowest BCUT2D eigenvalue weighted by Crippen LogP contribution is -2.44. The normalized spacial score (nSPS) is 15.6. The number of carbonyl (C=O) groups is 4. The van der Waals surface area contributed by atoms with E-state index in [1.165, 1.54) is 7.11 Å². The number of methoxy groups -OCH3 is 1. The summed E-state index contributed by atoms with van der Waals surface area (Å²) in [6.07, 6.45) is 3.33. The van der Waals surface area contributed by atoms with Crippen LogP contribution < -0.4 is 21.3 Å². The minimum Gasteiger partial charge on any atom is -0.467 e. The van der Waals surface area contributed by atoms with E-state index in [-0.39, 0.29) is 37.0 Å². The predicted molar refractivity (Wildman–Crippen MR) is 139 cm³/mol. The van der Waals surface area contributed by atoms with Crippen LogP contribution in [-0.4, -0.2) is 61.6 Å². The number of ether oxygens (including phenoxy) is 1. The van der Waals surface area contributed by atoms with Gasteiger partial charge in [0, 0.05) is 18.5 Å². The van der Waals surface area contributed by atoms with Crippen molar-refractivity contribution < 1.29 is 23.9 Å². The van der Waals surface area contributed by atoms with E-state index in [1.54, 1.807) is 23.9 Å². The zero-order valence-electron chi connectivity index (χ0n) is 20.5. The molecule has 0 aliphatic carbocycles. The molecule has 1 aliphatic heterocycles. The Hall–Kier alpha value is -3.37. The molecule has 2 aromatic carbocycles. The molecule has 0 bridgehead atoms. The number of rotatable bonds is 12. The van der Waals surface area contributed by atoms with E-state index < -0.39 is 12.0 Å². The van der Waals surface area contributed by atoms with E-state index in [9.17, 15) is 19.2 Å². The Labute approximate surface area is 215 Å². The highest BCUT2D eigenvalue weighted by Crippen LogP contribution is 2.25. The maximum atomic E-state index is 13.2. The minimum atomic E-state index is -0.741. The van der Waals surface area contributed by atoms with Crippen molar-refractivity contribution in [1.82, 2.24) is 21.3 Å². The van der Waals surface area contributed by atoms with Crippen molar-refractivity contribution in [2.24, 2.45) is 0 Å². The van der Waals surface area contributed by atoms with Crippen LogP contribution in [0, 0.1) is 0 Å². The van der Waals surface area contributed by atoms with Crippen LogP contribution in [0.25, 0.3) is 11.1 Å². The van der Waals surface area contributed by atoms with E-state index >= 15 is 0 Å².